The third-order valence-corrected chi connectivity index (χ3v) is 4.25. The monoisotopic (exact) mass is 286 g/mol. The Kier molecular flexibility index (Phi) is 4.55. The topological polar surface area (TPSA) is 26.3 Å². The number of Topliss-reactive ketones (excluding diaryl/α,β-unsaturated/α-hetero) is 1. The van der Waals surface area contributed by atoms with E-state index in [1.54, 1.807) is 6.92 Å². The number of allylic oxidation sites excluding steroid dienone is 2. The van der Waals surface area contributed by atoms with E-state index in [9.17, 15) is 4.79 Å². The van der Waals surface area contributed by atoms with Crippen LogP contribution in [0.4, 0.5) is 0 Å². The van der Waals surface area contributed by atoms with Gasteiger partial charge in [-0.2, -0.15) is 0 Å². The van der Waals surface area contributed by atoms with Gasteiger partial charge in [-0.25, -0.2) is 0 Å². The van der Waals surface area contributed by atoms with Crippen molar-refractivity contribution in [1.29, 1.82) is 0 Å². The van der Waals surface area contributed by atoms with Crippen molar-refractivity contribution in [1.82, 2.24) is 0 Å². The van der Waals surface area contributed by atoms with E-state index in [1.165, 1.54) is 16.7 Å². The molecule has 0 aromatic heterocycles. The Morgan fingerprint density at radius 1 is 1.29 bits per heavy atom. The van der Waals surface area contributed by atoms with Crippen molar-refractivity contribution < 1.29 is 9.53 Å². The highest BCUT2D eigenvalue weighted by atomic mass is 16.5. The molecule has 2 nitrogen and oxygen atoms in total. The standard InChI is InChI=1S/C19H26O2/c1-6-14-8-9-19(4,5)17-12-18(21-7-2)15(10-13(3)20)11-16(14)17/h8,11-12H,6-7,9-10H2,1-5H3. The van der Waals surface area contributed by atoms with Gasteiger partial charge in [0, 0.05) is 12.0 Å². The summed E-state index contributed by atoms with van der Waals surface area (Å²) in [7, 11) is 0. The lowest BCUT2D eigenvalue weighted by Gasteiger charge is -2.33. The summed E-state index contributed by atoms with van der Waals surface area (Å²) in [6.07, 6.45) is 4.87. The summed E-state index contributed by atoms with van der Waals surface area (Å²) in [5.41, 5.74) is 5.16. The van der Waals surface area contributed by atoms with E-state index in [1.807, 2.05) is 6.92 Å². The molecule has 0 amide bonds. The van der Waals surface area contributed by atoms with Gasteiger partial charge in [0.2, 0.25) is 0 Å². The molecule has 0 atom stereocenters. The Bertz CT molecular complexity index is 579. The molecule has 1 aliphatic carbocycles. The van der Waals surface area contributed by atoms with Crippen LogP contribution in [0.25, 0.3) is 5.57 Å². The van der Waals surface area contributed by atoms with Gasteiger partial charge >= 0.3 is 0 Å². The first kappa shape index (κ1) is 15.8. The first-order chi connectivity index (χ1) is 9.89. The first-order valence-corrected chi connectivity index (χ1v) is 7.88. The molecule has 114 valence electrons. The number of hydrogen-bond donors (Lipinski definition) is 0. The Hall–Kier alpha value is -1.57. The summed E-state index contributed by atoms with van der Waals surface area (Å²) in [5.74, 6) is 1.05. The van der Waals surface area contributed by atoms with Crippen LogP contribution in [0.1, 0.15) is 64.2 Å². The molecule has 0 unspecified atom stereocenters. The van der Waals surface area contributed by atoms with E-state index in [0.29, 0.717) is 13.0 Å². The Labute approximate surface area is 128 Å². The van der Waals surface area contributed by atoms with Gasteiger partial charge in [0.25, 0.3) is 0 Å². The number of rotatable bonds is 5. The Balaban J connectivity index is 2.61. The highest BCUT2D eigenvalue weighted by Crippen LogP contribution is 2.42. The van der Waals surface area contributed by atoms with Gasteiger partial charge < -0.3 is 4.74 Å². The van der Waals surface area contributed by atoms with Gasteiger partial charge in [-0.3, -0.25) is 4.79 Å². The molecule has 1 aliphatic rings. The van der Waals surface area contributed by atoms with Crippen LogP contribution < -0.4 is 4.74 Å². The van der Waals surface area contributed by atoms with E-state index in [2.05, 4.69) is 39.0 Å². The zero-order valence-electron chi connectivity index (χ0n) is 13.9. The average Bonchev–Trinajstić information content (AvgIpc) is 2.40. The summed E-state index contributed by atoms with van der Waals surface area (Å²) in [6, 6.07) is 4.34. The molecule has 0 heterocycles. The number of carbonyl (C=O) groups is 1. The van der Waals surface area contributed by atoms with Crippen molar-refractivity contribution in [3.63, 3.8) is 0 Å². The number of ketones is 1. The molecule has 0 spiro atoms. The molecule has 2 rings (SSSR count). The Morgan fingerprint density at radius 2 is 2.00 bits per heavy atom. The van der Waals surface area contributed by atoms with Gasteiger partial charge in [-0.1, -0.05) is 26.8 Å². The van der Waals surface area contributed by atoms with Gasteiger partial charge in [0.15, 0.2) is 0 Å². The van der Waals surface area contributed by atoms with Crippen LogP contribution in [0.5, 0.6) is 5.75 Å². The largest absolute Gasteiger partial charge is 0.494 e. The van der Waals surface area contributed by atoms with Crippen LogP contribution in [0.2, 0.25) is 0 Å². The van der Waals surface area contributed by atoms with Crippen molar-refractivity contribution in [2.45, 2.75) is 59.3 Å². The predicted molar refractivity (Wildman–Crippen MR) is 87.9 cm³/mol. The molecule has 1 aromatic carbocycles. The molecule has 21 heavy (non-hydrogen) atoms. The third kappa shape index (κ3) is 3.20. The van der Waals surface area contributed by atoms with Crippen molar-refractivity contribution in [2.75, 3.05) is 6.61 Å². The second-order valence-corrected chi connectivity index (χ2v) is 6.49. The summed E-state index contributed by atoms with van der Waals surface area (Å²) in [5, 5.41) is 0. The molecule has 0 radical (unpaired) electrons. The van der Waals surface area contributed by atoms with E-state index in [4.69, 9.17) is 4.74 Å². The molecule has 0 fully saturated rings. The van der Waals surface area contributed by atoms with Crippen molar-refractivity contribution in [3.05, 3.63) is 34.9 Å². The lowest BCUT2D eigenvalue weighted by atomic mass is 9.72. The van der Waals surface area contributed by atoms with Gasteiger partial charge in [0.05, 0.1) is 6.61 Å². The zero-order chi connectivity index (χ0) is 15.6. The summed E-state index contributed by atoms with van der Waals surface area (Å²) < 4.78 is 5.79. The Morgan fingerprint density at radius 3 is 2.57 bits per heavy atom. The minimum atomic E-state index is 0.120. The van der Waals surface area contributed by atoms with Crippen molar-refractivity contribution in [2.24, 2.45) is 0 Å². The highest BCUT2D eigenvalue weighted by molar-refractivity contribution is 5.81. The van der Waals surface area contributed by atoms with Crippen LogP contribution in [0.15, 0.2) is 18.2 Å². The summed E-state index contributed by atoms with van der Waals surface area (Å²) in [6.45, 7) is 11.0. The highest BCUT2D eigenvalue weighted by Gasteiger charge is 2.29. The number of carbonyl (C=O) groups excluding carboxylic acids is 1. The smallest absolute Gasteiger partial charge is 0.134 e. The van der Waals surface area contributed by atoms with E-state index in [0.717, 1.165) is 24.2 Å². The van der Waals surface area contributed by atoms with E-state index < -0.39 is 0 Å². The van der Waals surface area contributed by atoms with Crippen LogP contribution >= 0.6 is 0 Å². The number of ether oxygens (including phenoxy) is 1. The molecular formula is C19H26O2. The van der Waals surface area contributed by atoms with Crippen molar-refractivity contribution in [3.8, 4) is 5.75 Å². The first-order valence-electron chi connectivity index (χ1n) is 7.88. The molecule has 2 heteroatoms. The van der Waals surface area contributed by atoms with Crippen LogP contribution in [-0.2, 0) is 16.6 Å². The van der Waals surface area contributed by atoms with E-state index >= 15 is 0 Å². The summed E-state index contributed by atoms with van der Waals surface area (Å²) in [4.78, 5) is 11.5. The molecular weight excluding hydrogens is 260 g/mol. The lowest BCUT2D eigenvalue weighted by Crippen LogP contribution is -2.22. The van der Waals surface area contributed by atoms with Crippen LogP contribution in [0.3, 0.4) is 0 Å². The minimum Gasteiger partial charge on any atom is -0.494 e. The molecule has 0 saturated heterocycles. The van der Waals surface area contributed by atoms with Crippen LogP contribution in [0, 0.1) is 0 Å². The second-order valence-electron chi connectivity index (χ2n) is 6.49. The summed E-state index contributed by atoms with van der Waals surface area (Å²) >= 11 is 0. The third-order valence-electron chi connectivity index (χ3n) is 4.25. The van der Waals surface area contributed by atoms with Gasteiger partial charge in [-0.15, -0.1) is 0 Å². The maximum Gasteiger partial charge on any atom is 0.134 e. The maximum absolute atomic E-state index is 11.5. The number of benzene rings is 1. The zero-order valence-corrected chi connectivity index (χ0v) is 13.9. The number of fused-ring (bicyclic) bond motifs is 1. The SMILES string of the molecule is CCOc1cc2c(cc1CC(C)=O)C(CC)=CCC2(C)C. The van der Waals surface area contributed by atoms with Gasteiger partial charge in [-0.05, 0) is 60.9 Å². The lowest BCUT2D eigenvalue weighted by molar-refractivity contribution is -0.116. The molecule has 0 aliphatic heterocycles. The molecule has 1 aromatic rings. The maximum atomic E-state index is 11.5. The fraction of sp³-hybridized carbons (Fsp3) is 0.526. The number of hydrogen-bond acceptors (Lipinski definition) is 2. The normalized spacial score (nSPS) is 16.1. The predicted octanol–water partition coefficient (Wildman–Crippen LogP) is 4.69. The van der Waals surface area contributed by atoms with Crippen molar-refractivity contribution >= 4 is 11.4 Å². The molecule has 0 bridgehead atoms. The van der Waals surface area contributed by atoms with Crippen LogP contribution in [-0.4, -0.2) is 12.4 Å². The van der Waals surface area contributed by atoms with Gasteiger partial charge in [0.1, 0.15) is 11.5 Å². The van der Waals surface area contributed by atoms with E-state index in [-0.39, 0.29) is 11.2 Å². The molecule has 0 saturated carbocycles. The fourth-order valence-electron chi connectivity index (χ4n) is 3.08. The second kappa shape index (κ2) is 6.05. The minimum absolute atomic E-state index is 0.120. The quantitative estimate of drug-likeness (QED) is 0.784. The fourth-order valence-corrected chi connectivity index (χ4v) is 3.08. The average molecular weight is 286 g/mol. The molecule has 0 N–H and O–H groups in total.